The van der Waals surface area contributed by atoms with E-state index in [-0.39, 0.29) is 5.91 Å². The van der Waals surface area contributed by atoms with E-state index in [4.69, 9.17) is 4.74 Å². The van der Waals surface area contributed by atoms with Gasteiger partial charge in [0.05, 0.1) is 30.0 Å². The van der Waals surface area contributed by atoms with Gasteiger partial charge in [0.25, 0.3) is 5.91 Å². The van der Waals surface area contributed by atoms with Crippen LogP contribution in [0.5, 0.6) is 0 Å². The zero-order chi connectivity index (χ0) is 17.1. The minimum Gasteiger partial charge on any atom is -0.378 e. The predicted molar refractivity (Wildman–Crippen MR) is 99.2 cm³/mol. The van der Waals surface area contributed by atoms with Crippen LogP contribution in [-0.4, -0.2) is 37.2 Å². The van der Waals surface area contributed by atoms with Crippen LogP contribution in [-0.2, 0) is 4.74 Å². The molecule has 1 N–H and O–H groups in total. The Balaban J connectivity index is 1.65. The summed E-state index contributed by atoms with van der Waals surface area (Å²) in [5, 5.41) is 3.98. The summed E-state index contributed by atoms with van der Waals surface area (Å²) in [5.74, 6) is -0.113. The van der Waals surface area contributed by atoms with E-state index in [2.05, 4.69) is 15.2 Å². The molecule has 5 heteroatoms. The van der Waals surface area contributed by atoms with Crippen molar-refractivity contribution in [3.05, 3.63) is 66.4 Å². The fraction of sp³-hybridized carbons (Fsp3) is 0.200. The lowest BCUT2D eigenvalue weighted by Crippen LogP contribution is -2.37. The summed E-state index contributed by atoms with van der Waals surface area (Å²) >= 11 is 0. The van der Waals surface area contributed by atoms with Crippen molar-refractivity contribution < 1.29 is 9.53 Å². The lowest BCUT2D eigenvalue weighted by molar-refractivity contribution is 0.102. The molecule has 1 aliphatic rings. The van der Waals surface area contributed by atoms with Crippen molar-refractivity contribution in [2.75, 3.05) is 36.5 Å². The van der Waals surface area contributed by atoms with Gasteiger partial charge in [0, 0.05) is 30.4 Å². The molecule has 1 fully saturated rings. The highest BCUT2D eigenvalue weighted by atomic mass is 16.5. The van der Waals surface area contributed by atoms with Crippen LogP contribution in [0.2, 0.25) is 0 Å². The zero-order valence-electron chi connectivity index (χ0n) is 13.8. The largest absolute Gasteiger partial charge is 0.378 e. The highest BCUT2D eigenvalue weighted by Crippen LogP contribution is 2.25. The number of hydrogen-bond acceptors (Lipinski definition) is 4. The molecule has 126 valence electrons. The molecule has 2 aromatic carbocycles. The van der Waals surface area contributed by atoms with Crippen LogP contribution in [0, 0.1) is 0 Å². The van der Waals surface area contributed by atoms with E-state index in [1.807, 2.05) is 54.6 Å². The third kappa shape index (κ3) is 3.19. The van der Waals surface area contributed by atoms with E-state index in [1.54, 1.807) is 6.20 Å². The number of ether oxygens (including phenoxy) is 1. The maximum atomic E-state index is 12.9. The third-order valence-corrected chi connectivity index (χ3v) is 4.39. The summed E-state index contributed by atoms with van der Waals surface area (Å²) in [6.45, 7) is 2.96. The van der Waals surface area contributed by atoms with Crippen molar-refractivity contribution in [2.24, 2.45) is 0 Å². The Morgan fingerprint density at radius 1 is 1.00 bits per heavy atom. The fourth-order valence-corrected chi connectivity index (χ4v) is 3.15. The minimum atomic E-state index is -0.113. The standard InChI is InChI=1S/C20H19N3O2/c24-20(22-18-8-3-7-17-15(18)6-4-10-21-17)16-5-1-2-9-19(16)23-11-13-25-14-12-23/h1-10H,11-14H2,(H,22,24). The molecule has 0 saturated carbocycles. The number of rotatable bonds is 3. The zero-order valence-corrected chi connectivity index (χ0v) is 13.8. The van der Waals surface area contributed by atoms with E-state index in [0.717, 1.165) is 35.4 Å². The lowest BCUT2D eigenvalue weighted by Gasteiger charge is -2.30. The monoisotopic (exact) mass is 333 g/mol. The number of amides is 1. The maximum Gasteiger partial charge on any atom is 0.257 e. The summed E-state index contributed by atoms with van der Waals surface area (Å²) in [7, 11) is 0. The predicted octanol–water partition coefficient (Wildman–Crippen LogP) is 3.32. The average Bonchev–Trinajstić information content (AvgIpc) is 2.69. The Labute approximate surface area is 146 Å². The number of pyridine rings is 1. The van der Waals surface area contributed by atoms with Crippen molar-refractivity contribution in [2.45, 2.75) is 0 Å². The number of benzene rings is 2. The molecule has 0 bridgehead atoms. The fourth-order valence-electron chi connectivity index (χ4n) is 3.15. The first-order chi connectivity index (χ1) is 12.3. The molecule has 0 radical (unpaired) electrons. The molecule has 2 heterocycles. The number of hydrogen-bond donors (Lipinski definition) is 1. The number of carbonyl (C=O) groups is 1. The number of nitrogens with one attached hydrogen (secondary N) is 1. The number of morpholine rings is 1. The first-order valence-corrected chi connectivity index (χ1v) is 8.40. The minimum absolute atomic E-state index is 0.113. The van der Waals surface area contributed by atoms with Gasteiger partial charge in [-0.15, -0.1) is 0 Å². The van der Waals surface area contributed by atoms with Crippen LogP contribution in [0.3, 0.4) is 0 Å². The number of para-hydroxylation sites is 1. The van der Waals surface area contributed by atoms with E-state index < -0.39 is 0 Å². The Morgan fingerprint density at radius 3 is 2.72 bits per heavy atom. The molecular formula is C20H19N3O2. The summed E-state index contributed by atoms with van der Waals surface area (Å²) in [4.78, 5) is 19.5. The van der Waals surface area contributed by atoms with E-state index in [1.165, 1.54) is 0 Å². The van der Waals surface area contributed by atoms with Crippen molar-refractivity contribution in [1.29, 1.82) is 0 Å². The average molecular weight is 333 g/mol. The van der Waals surface area contributed by atoms with Gasteiger partial charge in [-0.05, 0) is 36.4 Å². The van der Waals surface area contributed by atoms with E-state index in [0.29, 0.717) is 18.8 Å². The Kier molecular flexibility index (Phi) is 4.31. The molecule has 5 nitrogen and oxygen atoms in total. The lowest BCUT2D eigenvalue weighted by atomic mass is 10.1. The Bertz CT molecular complexity index is 899. The topological polar surface area (TPSA) is 54.5 Å². The molecule has 4 rings (SSSR count). The van der Waals surface area contributed by atoms with Crippen LogP contribution >= 0.6 is 0 Å². The highest BCUT2D eigenvalue weighted by Gasteiger charge is 2.18. The SMILES string of the molecule is O=C(Nc1cccc2ncccc12)c1ccccc1N1CCOCC1. The molecule has 1 aliphatic heterocycles. The molecule has 3 aromatic rings. The Morgan fingerprint density at radius 2 is 1.84 bits per heavy atom. The molecule has 0 unspecified atom stereocenters. The normalized spacial score (nSPS) is 14.5. The third-order valence-electron chi connectivity index (χ3n) is 4.39. The smallest absolute Gasteiger partial charge is 0.257 e. The molecule has 0 aliphatic carbocycles. The molecular weight excluding hydrogens is 314 g/mol. The van der Waals surface area contributed by atoms with Gasteiger partial charge in [-0.3, -0.25) is 9.78 Å². The summed E-state index contributed by atoms with van der Waals surface area (Å²) < 4.78 is 5.42. The van der Waals surface area contributed by atoms with Gasteiger partial charge < -0.3 is 15.0 Å². The maximum absolute atomic E-state index is 12.9. The van der Waals surface area contributed by atoms with Crippen molar-refractivity contribution in [3.63, 3.8) is 0 Å². The van der Waals surface area contributed by atoms with E-state index >= 15 is 0 Å². The molecule has 25 heavy (non-hydrogen) atoms. The number of fused-ring (bicyclic) bond motifs is 1. The van der Waals surface area contributed by atoms with Crippen LogP contribution < -0.4 is 10.2 Å². The summed E-state index contributed by atoms with van der Waals surface area (Å²) in [5.41, 5.74) is 3.25. The van der Waals surface area contributed by atoms with Crippen LogP contribution in [0.4, 0.5) is 11.4 Å². The first-order valence-electron chi connectivity index (χ1n) is 8.40. The second-order valence-electron chi connectivity index (χ2n) is 5.95. The van der Waals surface area contributed by atoms with Crippen molar-refractivity contribution >= 4 is 28.2 Å². The molecule has 0 atom stereocenters. The number of anilines is 2. The second-order valence-corrected chi connectivity index (χ2v) is 5.95. The molecule has 0 spiro atoms. The van der Waals surface area contributed by atoms with Gasteiger partial charge >= 0.3 is 0 Å². The van der Waals surface area contributed by atoms with Crippen molar-refractivity contribution in [1.82, 2.24) is 4.98 Å². The highest BCUT2D eigenvalue weighted by molar-refractivity contribution is 6.11. The van der Waals surface area contributed by atoms with Crippen molar-refractivity contribution in [3.8, 4) is 0 Å². The number of aromatic nitrogens is 1. The summed E-state index contributed by atoms with van der Waals surface area (Å²) in [6, 6.07) is 17.3. The number of carbonyl (C=O) groups excluding carboxylic acids is 1. The van der Waals surface area contributed by atoms with Gasteiger partial charge in [-0.1, -0.05) is 18.2 Å². The first kappa shape index (κ1) is 15.6. The van der Waals surface area contributed by atoms with Gasteiger partial charge in [-0.25, -0.2) is 0 Å². The second kappa shape index (κ2) is 6.91. The van der Waals surface area contributed by atoms with Gasteiger partial charge in [0.2, 0.25) is 0 Å². The van der Waals surface area contributed by atoms with Crippen LogP contribution in [0.25, 0.3) is 10.9 Å². The number of nitrogens with zero attached hydrogens (tertiary/aromatic N) is 2. The van der Waals surface area contributed by atoms with Gasteiger partial charge in [0.15, 0.2) is 0 Å². The Hall–Kier alpha value is -2.92. The summed E-state index contributed by atoms with van der Waals surface area (Å²) in [6.07, 6.45) is 1.75. The quantitative estimate of drug-likeness (QED) is 0.799. The van der Waals surface area contributed by atoms with E-state index in [9.17, 15) is 4.79 Å². The van der Waals surface area contributed by atoms with Crippen LogP contribution in [0.15, 0.2) is 60.8 Å². The molecule has 1 saturated heterocycles. The molecule has 1 amide bonds. The molecule has 1 aromatic heterocycles. The van der Waals surface area contributed by atoms with Crippen LogP contribution in [0.1, 0.15) is 10.4 Å². The van der Waals surface area contributed by atoms with Gasteiger partial charge in [0.1, 0.15) is 0 Å². The van der Waals surface area contributed by atoms with Gasteiger partial charge in [-0.2, -0.15) is 0 Å².